The molecular formula is C24H32N4O3. The molecule has 1 aliphatic rings. The average Bonchev–Trinajstić information content (AvgIpc) is 2.73. The zero-order valence-corrected chi connectivity index (χ0v) is 18.8. The van der Waals surface area contributed by atoms with Crippen LogP contribution in [0.1, 0.15) is 38.1 Å². The summed E-state index contributed by atoms with van der Waals surface area (Å²) in [4.78, 5) is 29.7. The Bertz CT molecular complexity index is 915. The van der Waals surface area contributed by atoms with Crippen LogP contribution in [0.5, 0.6) is 0 Å². The molecule has 31 heavy (non-hydrogen) atoms. The standard InChI is InChI=1S/C24H32N4O3/c1-5-27-13-15-28(16-14-27)21-12-7-6-11-20(21)26-22(29)18-9-8-10-19(17-18)25-23(30)31-24(2,3)4/h6-12,17H,5,13-16H2,1-4H3,(H,25,30)(H,26,29). The van der Waals surface area contributed by atoms with Crippen LogP contribution in [0.3, 0.4) is 0 Å². The van der Waals surface area contributed by atoms with E-state index >= 15 is 0 Å². The van der Waals surface area contributed by atoms with Gasteiger partial charge in [-0.25, -0.2) is 4.79 Å². The van der Waals surface area contributed by atoms with Gasteiger partial charge in [0.15, 0.2) is 0 Å². The Morgan fingerprint density at radius 2 is 1.68 bits per heavy atom. The van der Waals surface area contributed by atoms with Crippen molar-refractivity contribution in [3.63, 3.8) is 0 Å². The van der Waals surface area contributed by atoms with Crippen LogP contribution in [0.4, 0.5) is 21.9 Å². The van der Waals surface area contributed by atoms with Crippen LogP contribution in [0.2, 0.25) is 0 Å². The second kappa shape index (κ2) is 9.83. The van der Waals surface area contributed by atoms with Gasteiger partial charge in [-0.2, -0.15) is 0 Å². The fourth-order valence-electron chi connectivity index (χ4n) is 3.51. The molecule has 0 saturated carbocycles. The highest BCUT2D eigenvalue weighted by atomic mass is 16.6. The molecule has 1 heterocycles. The summed E-state index contributed by atoms with van der Waals surface area (Å²) in [5.41, 5.74) is 2.17. The van der Waals surface area contributed by atoms with Gasteiger partial charge in [-0.1, -0.05) is 25.1 Å². The minimum absolute atomic E-state index is 0.229. The summed E-state index contributed by atoms with van der Waals surface area (Å²) in [6.07, 6.45) is -0.554. The molecule has 2 aromatic carbocycles. The zero-order chi connectivity index (χ0) is 22.4. The first-order valence-electron chi connectivity index (χ1n) is 10.7. The zero-order valence-electron chi connectivity index (χ0n) is 18.8. The lowest BCUT2D eigenvalue weighted by Gasteiger charge is -2.36. The van der Waals surface area contributed by atoms with Crippen molar-refractivity contribution in [3.05, 3.63) is 54.1 Å². The second-order valence-corrected chi connectivity index (χ2v) is 8.60. The number of hydrogen-bond acceptors (Lipinski definition) is 5. The van der Waals surface area contributed by atoms with Gasteiger partial charge in [0, 0.05) is 37.4 Å². The SMILES string of the molecule is CCN1CCN(c2ccccc2NC(=O)c2cccc(NC(=O)OC(C)(C)C)c2)CC1. The van der Waals surface area contributed by atoms with E-state index in [0.29, 0.717) is 11.3 Å². The van der Waals surface area contributed by atoms with Crippen LogP contribution in [0.25, 0.3) is 0 Å². The number of nitrogens with one attached hydrogen (secondary N) is 2. The molecule has 1 saturated heterocycles. The minimum atomic E-state index is -0.592. The van der Waals surface area contributed by atoms with Crippen molar-refractivity contribution in [3.8, 4) is 0 Å². The van der Waals surface area contributed by atoms with Crippen LogP contribution in [0.15, 0.2) is 48.5 Å². The molecule has 7 nitrogen and oxygen atoms in total. The van der Waals surface area contributed by atoms with E-state index in [1.165, 1.54) is 0 Å². The highest BCUT2D eigenvalue weighted by Crippen LogP contribution is 2.27. The lowest BCUT2D eigenvalue weighted by atomic mass is 10.1. The van der Waals surface area contributed by atoms with Gasteiger partial charge in [0.2, 0.25) is 0 Å². The molecule has 2 aromatic rings. The van der Waals surface area contributed by atoms with Crippen LogP contribution in [0, 0.1) is 0 Å². The maximum Gasteiger partial charge on any atom is 0.412 e. The van der Waals surface area contributed by atoms with E-state index in [1.807, 2.05) is 24.3 Å². The molecule has 2 N–H and O–H groups in total. The molecule has 0 aliphatic carbocycles. The Morgan fingerprint density at radius 3 is 2.35 bits per heavy atom. The van der Waals surface area contributed by atoms with Crippen molar-refractivity contribution < 1.29 is 14.3 Å². The van der Waals surface area contributed by atoms with Crippen LogP contribution in [-0.4, -0.2) is 55.2 Å². The summed E-state index contributed by atoms with van der Waals surface area (Å²) in [5, 5.41) is 5.71. The number of nitrogens with zero attached hydrogens (tertiary/aromatic N) is 2. The fraction of sp³-hybridized carbons (Fsp3) is 0.417. The summed E-state index contributed by atoms with van der Waals surface area (Å²) in [5.74, 6) is -0.229. The van der Waals surface area contributed by atoms with E-state index in [2.05, 4.69) is 27.4 Å². The Kier molecular flexibility index (Phi) is 7.17. The number of para-hydroxylation sites is 2. The number of hydrogen-bond donors (Lipinski definition) is 2. The van der Waals surface area contributed by atoms with E-state index < -0.39 is 11.7 Å². The maximum absolute atomic E-state index is 12.9. The van der Waals surface area contributed by atoms with Gasteiger partial charge in [-0.05, 0) is 57.6 Å². The van der Waals surface area contributed by atoms with Gasteiger partial charge in [0.25, 0.3) is 5.91 Å². The molecule has 3 rings (SSSR count). The molecule has 0 radical (unpaired) electrons. The first kappa shape index (κ1) is 22.6. The number of rotatable bonds is 5. The van der Waals surface area contributed by atoms with E-state index in [1.54, 1.807) is 45.0 Å². The van der Waals surface area contributed by atoms with Gasteiger partial charge in [0.05, 0.1) is 11.4 Å². The third-order valence-corrected chi connectivity index (χ3v) is 5.08. The number of piperazine rings is 1. The smallest absolute Gasteiger partial charge is 0.412 e. The van der Waals surface area contributed by atoms with Crippen LogP contribution >= 0.6 is 0 Å². The number of anilines is 3. The number of amides is 2. The molecule has 0 aromatic heterocycles. The quantitative estimate of drug-likeness (QED) is 0.743. The normalized spacial score (nSPS) is 14.8. The minimum Gasteiger partial charge on any atom is -0.444 e. The highest BCUT2D eigenvalue weighted by molar-refractivity contribution is 6.06. The highest BCUT2D eigenvalue weighted by Gasteiger charge is 2.20. The Balaban J connectivity index is 1.69. The summed E-state index contributed by atoms with van der Waals surface area (Å²) in [7, 11) is 0. The molecule has 7 heteroatoms. The predicted octanol–water partition coefficient (Wildman–Crippen LogP) is 4.43. The molecule has 2 amide bonds. The van der Waals surface area contributed by atoms with E-state index in [0.717, 1.165) is 44.1 Å². The Labute approximate surface area is 184 Å². The van der Waals surface area contributed by atoms with Crippen molar-refractivity contribution in [2.75, 3.05) is 48.3 Å². The summed E-state index contributed by atoms with van der Waals surface area (Å²) >= 11 is 0. The lowest BCUT2D eigenvalue weighted by Crippen LogP contribution is -2.46. The predicted molar refractivity (Wildman–Crippen MR) is 125 cm³/mol. The van der Waals surface area contributed by atoms with Gasteiger partial charge in [-0.3, -0.25) is 10.1 Å². The third-order valence-electron chi connectivity index (χ3n) is 5.08. The number of benzene rings is 2. The third kappa shape index (κ3) is 6.46. The van der Waals surface area contributed by atoms with Crippen LogP contribution in [-0.2, 0) is 4.74 Å². The average molecular weight is 425 g/mol. The Hall–Kier alpha value is -3.06. The van der Waals surface area contributed by atoms with Gasteiger partial charge >= 0.3 is 6.09 Å². The molecule has 0 atom stereocenters. The van der Waals surface area contributed by atoms with E-state index in [4.69, 9.17) is 4.74 Å². The monoisotopic (exact) mass is 424 g/mol. The maximum atomic E-state index is 12.9. The summed E-state index contributed by atoms with van der Waals surface area (Å²) < 4.78 is 5.28. The van der Waals surface area contributed by atoms with Gasteiger partial charge in [-0.15, -0.1) is 0 Å². The largest absolute Gasteiger partial charge is 0.444 e. The molecule has 0 bridgehead atoms. The van der Waals surface area contributed by atoms with E-state index in [9.17, 15) is 9.59 Å². The number of carbonyl (C=O) groups is 2. The van der Waals surface area contributed by atoms with Crippen molar-refractivity contribution in [2.45, 2.75) is 33.3 Å². The number of ether oxygens (including phenoxy) is 1. The van der Waals surface area contributed by atoms with Crippen molar-refractivity contribution in [1.29, 1.82) is 0 Å². The fourth-order valence-corrected chi connectivity index (χ4v) is 3.51. The first-order chi connectivity index (χ1) is 14.7. The Morgan fingerprint density at radius 1 is 0.968 bits per heavy atom. The van der Waals surface area contributed by atoms with Crippen molar-refractivity contribution in [2.24, 2.45) is 0 Å². The summed E-state index contributed by atoms with van der Waals surface area (Å²) in [6, 6.07) is 14.7. The molecule has 1 aliphatic heterocycles. The topological polar surface area (TPSA) is 73.9 Å². The van der Waals surface area contributed by atoms with E-state index in [-0.39, 0.29) is 5.91 Å². The molecule has 1 fully saturated rings. The molecule has 166 valence electrons. The van der Waals surface area contributed by atoms with Crippen LogP contribution < -0.4 is 15.5 Å². The van der Waals surface area contributed by atoms with Crippen molar-refractivity contribution in [1.82, 2.24) is 4.90 Å². The summed E-state index contributed by atoms with van der Waals surface area (Å²) in [6.45, 7) is 12.5. The first-order valence-corrected chi connectivity index (χ1v) is 10.7. The molecular weight excluding hydrogens is 392 g/mol. The molecule has 0 unspecified atom stereocenters. The number of carbonyl (C=O) groups excluding carboxylic acids is 2. The number of likely N-dealkylation sites (N-methyl/N-ethyl adjacent to an activating group) is 1. The molecule has 0 spiro atoms. The lowest BCUT2D eigenvalue weighted by molar-refractivity contribution is 0.0635. The van der Waals surface area contributed by atoms with Gasteiger partial charge < -0.3 is 19.9 Å². The van der Waals surface area contributed by atoms with Gasteiger partial charge in [0.1, 0.15) is 5.60 Å². The van der Waals surface area contributed by atoms with Crippen molar-refractivity contribution >= 4 is 29.1 Å². The second-order valence-electron chi connectivity index (χ2n) is 8.60.